The zero-order chi connectivity index (χ0) is 20.5. The standard InChI is InChI=1S/C18H17F3N6O2/c19-9-1-2-10(20)8(5-9)6-22-18(29)14-13-16(23-7-24-17(13)27-26-14)25-12-4-3-11(21)15(12)28/h1-2,5,7,11-12,15,28H,3-4,6H2,(H,22,29)(H2,23,24,25,26,27)/t11-,12+,15+/m1/s1. The first-order chi connectivity index (χ1) is 13.9. The van der Waals surface area contributed by atoms with Gasteiger partial charge in [0.15, 0.2) is 11.3 Å². The van der Waals surface area contributed by atoms with Crippen LogP contribution in [0.2, 0.25) is 0 Å². The fraction of sp³-hybridized carbons (Fsp3) is 0.333. The van der Waals surface area contributed by atoms with E-state index in [-0.39, 0.29) is 41.1 Å². The van der Waals surface area contributed by atoms with Crippen LogP contribution in [-0.4, -0.2) is 49.5 Å². The maximum atomic E-state index is 13.8. The van der Waals surface area contributed by atoms with Crippen LogP contribution in [0.25, 0.3) is 11.0 Å². The van der Waals surface area contributed by atoms with Gasteiger partial charge in [-0.05, 0) is 31.0 Å². The van der Waals surface area contributed by atoms with Crippen LogP contribution in [0.3, 0.4) is 0 Å². The van der Waals surface area contributed by atoms with Crippen LogP contribution < -0.4 is 10.6 Å². The highest BCUT2D eigenvalue weighted by Crippen LogP contribution is 2.28. The number of alkyl halides is 1. The second-order valence-electron chi connectivity index (χ2n) is 6.77. The summed E-state index contributed by atoms with van der Waals surface area (Å²) in [6.07, 6.45) is -0.684. The topological polar surface area (TPSA) is 116 Å². The third-order valence-corrected chi connectivity index (χ3v) is 4.88. The van der Waals surface area contributed by atoms with Gasteiger partial charge in [0, 0.05) is 12.1 Å². The number of carbonyl (C=O) groups is 1. The summed E-state index contributed by atoms with van der Waals surface area (Å²) in [6, 6.07) is 2.37. The number of fused-ring (bicyclic) bond motifs is 1. The van der Waals surface area contributed by atoms with Gasteiger partial charge in [0.2, 0.25) is 0 Å². The van der Waals surface area contributed by atoms with Crippen molar-refractivity contribution in [2.45, 2.75) is 37.7 Å². The Morgan fingerprint density at radius 3 is 2.86 bits per heavy atom. The SMILES string of the molecule is O=C(NCc1cc(F)ccc1F)c1n[nH]c2ncnc(N[C@H]3CC[C@@H](F)[C@@H]3O)c12. The lowest BCUT2D eigenvalue weighted by Gasteiger charge is -2.18. The van der Waals surface area contributed by atoms with Gasteiger partial charge in [-0.3, -0.25) is 9.89 Å². The van der Waals surface area contributed by atoms with Crippen LogP contribution in [0, 0.1) is 11.6 Å². The summed E-state index contributed by atoms with van der Waals surface area (Å²) in [6.45, 7) is -0.252. The molecule has 29 heavy (non-hydrogen) atoms. The van der Waals surface area contributed by atoms with Gasteiger partial charge in [-0.25, -0.2) is 23.1 Å². The number of amides is 1. The predicted molar refractivity (Wildman–Crippen MR) is 96.8 cm³/mol. The third-order valence-electron chi connectivity index (χ3n) is 4.88. The minimum absolute atomic E-state index is 0.0177. The summed E-state index contributed by atoms with van der Waals surface area (Å²) < 4.78 is 40.6. The summed E-state index contributed by atoms with van der Waals surface area (Å²) in [5, 5.41) is 22.1. The number of hydrogen-bond acceptors (Lipinski definition) is 6. The summed E-state index contributed by atoms with van der Waals surface area (Å²) in [7, 11) is 0. The average Bonchev–Trinajstić information content (AvgIpc) is 3.28. The average molecular weight is 406 g/mol. The van der Waals surface area contributed by atoms with Crippen LogP contribution in [0.1, 0.15) is 28.9 Å². The molecule has 0 spiro atoms. The smallest absolute Gasteiger partial charge is 0.272 e. The van der Waals surface area contributed by atoms with Gasteiger partial charge >= 0.3 is 0 Å². The van der Waals surface area contributed by atoms with E-state index >= 15 is 0 Å². The van der Waals surface area contributed by atoms with Crippen molar-refractivity contribution in [2.75, 3.05) is 5.32 Å². The van der Waals surface area contributed by atoms with Gasteiger partial charge in [-0.2, -0.15) is 5.10 Å². The van der Waals surface area contributed by atoms with E-state index in [1.165, 1.54) is 6.33 Å². The van der Waals surface area contributed by atoms with E-state index in [9.17, 15) is 23.1 Å². The molecule has 1 fully saturated rings. The Labute approximate surface area is 162 Å². The van der Waals surface area contributed by atoms with Gasteiger partial charge in [-0.15, -0.1) is 0 Å². The molecule has 0 aliphatic heterocycles. The fourth-order valence-corrected chi connectivity index (χ4v) is 3.34. The number of benzene rings is 1. The number of H-pyrrole nitrogens is 1. The van der Waals surface area contributed by atoms with Crippen molar-refractivity contribution in [3.8, 4) is 0 Å². The van der Waals surface area contributed by atoms with E-state index < -0.39 is 35.9 Å². The summed E-state index contributed by atoms with van der Waals surface area (Å²) >= 11 is 0. The molecule has 0 unspecified atom stereocenters. The normalized spacial score (nSPS) is 21.4. The Morgan fingerprint density at radius 2 is 2.10 bits per heavy atom. The quantitative estimate of drug-likeness (QED) is 0.514. The van der Waals surface area contributed by atoms with Crippen molar-refractivity contribution in [2.24, 2.45) is 0 Å². The number of aliphatic hydroxyl groups is 1. The molecule has 4 rings (SSSR count). The molecule has 1 amide bonds. The molecule has 1 aliphatic rings. The summed E-state index contributed by atoms with van der Waals surface area (Å²) in [4.78, 5) is 20.7. The minimum Gasteiger partial charge on any atom is -0.388 e. The lowest BCUT2D eigenvalue weighted by Crippen LogP contribution is -2.33. The molecule has 8 nitrogen and oxygen atoms in total. The Hall–Kier alpha value is -3.21. The number of anilines is 1. The molecule has 11 heteroatoms. The molecule has 1 saturated carbocycles. The molecule has 0 saturated heterocycles. The van der Waals surface area contributed by atoms with Crippen molar-refractivity contribution in [1.82, 2.24) is 25.5 Å². The van der Waals surface area contributed by atoms with Crippen LogP contribution in [0.15, 0.2) is 24.5 Å². The largest absolute Gasteiger partial charge is 0.388 e. The molecule has 1 aliphatic carbocycles. The number of aliphatic hydroxyl groups excluding tert-OH is 1. The van der Waals surface area contributed by atoms with E-state index in [0.717, 1.165) is 18.2 Å². The Bertz CT molecular complexity index is 1060. The molecule has 4 N–H and O–H groups in total. The highest BCUT2D eigenvalue weighted by Gasteiger charge is 2.35. The molecule has 0 bridgehead atoms. The van der Waals surface area contributed by atoms with Crippen molar-refractivity contribution in [1.29, 1.82) is 0 Å². The van der Waals surface area contributed by atoms with Crippen molar-refractivity contribution in [3.63, 3.8) is 0 Å². The van der Waals surface area contributed by atoms with Crippen molar-refractivity contribution >= 4 is 22.8 Å². The highest BCUT2D eigenvalue weighted by atomic mass is 19.1. The lowest BCUT2D eigenvalue weighted by molar-refractivity contribution is 0.0947. The number of nitrogens with zero attached hydrogens (tertiary/aromatic N) is 3. The summed E-state index contributed by atoms with van der Waals surface area (Å²) in [5.74, 6) is -1.72. The van der Waals surface area contributed by atoms with E-state index in [4.69, 9.17) is 0 Å². The van der Waals surface area contributed by atoms with Gasteiger partial charge in [0.05, 0.1) is 11.4 Å². The number of carbonyl (C=O) groups excluding carboxylic acids is 1. The Morgan fingerprint density at radius 1 is 1.28 bits per heavy atom. The van der Waals surface area contributed by atoms with E-state index in [0.29, 0.717) is 6.42 Å². The fourth-order valence-electron chi connectivity index (χ4n) is 3.34. The van der Waals surface area contributed by atoms with Crippen LogP contribution in [0.4, 0.5) is 19.0 Å². The molecule has 0 radical (unpaired) electrons. The van der Waals surface area contributed by atoms with Gasteiger partial charge in [-0.1, -0.05) is 0 Å². The first-order valence-electron chi connectivity index (χ1n) is 8.94. The molecule has 3 aromatic rings. The number of aromatic amines is 1. The van der Waals surface area contributed by atoms with Crippen LogP contribution in [-0.2, 0) is 6.54 Å². The molecule has 2 aromatic heterocycles. The Balaban J connectivity index is 1.57. The van der Waals surface area contributed by atoms with E-state index in [1.54, 1.807) is 0 Å². The predicted octanol–water partition coefficient (Wildman–Crippen LogP) is 1.83. The molecular weight excluding hydrogens is 389 g/mol. The zero-order valence-electron chi connectivity index (χ0n) is 15.0. The van der Waals surface area contributed by atoms with Gasteiger partial charge in [0.25, 0.3) is 5.91 Å². The Kier molecular flexibility index (Phi) is 5.05. The zero-order valence-corrected chi connectivity index (χ0v) is 15.0. The van der Waals surface area contributed by atoms with Gasteiger partial charge < -0.3 is 15.7 Å². The third kappa shape index (κ3) is 3.73. The van der Waals surface area contributed by atoms with Crippen LogP contribution >= 0.6 is 0 Å². The number of hydrogen-bond donors (Lipinski definition) is 4. The first-order valence-corrected chi connectivity index (χ1v) is 8.94. The maximum Gasteiger partial charge on any atom is 0.272 e. The summed E-state index contributed by atoms with van der Waals surface area (Å²) in [5.41, 5.74) is 0.175. The monoisotopic (exact) mass is 406 g/mol. The van der Waals surface area contributed by atoms with Crippen molar-refractivity contribution in [3.05, 3.63) is 47.4 Å². The highest BCUT2D eigenvalue weighted by molar-refractivity contribution is 6.07. The molecule has 1 aromatic carbocycles. The van der Waals surface area contributed by atoms with Crippen molar-refractivity contribution < 1.29 is 23.1 Å². The number of nitrogens with one attached hydrogen (secondary N) is 3. The molecule has 2 heterocycles. The van der Waals surface area contributed by atoms with Crippen LogP contribution in [0.5, 0.6) is 0 Å². The molecule has 3 atom stereocenters. The second-order valence-corrected chi connectivity index (χ2v) is 6.77. The van der Waals surface area contributed by atoms with E-state index in [1.807, 2.05) is 0 Å². The number of aromatic nitrogens is 4. The van der Waals surface area contributed by atoms with E-state index in [2.05, 4.69) is 30.8 Å². The molecule has 152 valence electrons. The number of halogens is 3. The lowest BCUT2D eigenvalue weighted by atomic mass is 10.2. The molecular formula is C18H17F3N6O2. The first kappa shape index (κ1) is 19.1. The maximum absolute atomic E-state index is 13.8. The van der Waals surface area contributed by atoms with Gasteiger partial charge in [0.1, 0.15) is 36.1 Å². The number of rotatable bonds is 5. The second kappa shape index (κ2) is 7.66. The minimum atomic E-state index is -1.34.